The van der Waals surface area contributed by atoms with E-state index >= 15 is 0 Å². The fourth-order valence-corrected chi connectivity index (χ4v) is 2.00. The Balaban J connectivity index is 2.50. The molecule has 0 aliphatic rings. The van der Waals surface area contributed by atoms with E-state index in [2.05, 4.69) is 24.5 Å². The Bertz CT molecular complexity index is 390. The minimum absolute atomic E-state index is 0.376. The molecule has 1 atom stereocenters. The molecule has 0 saturated carbocycles. The second kappa shape index (κ2) is 9.23. The number of ether oxygens (including phenoxy) is 1. The van der Waals surface area contributed by atoms with Crippen molar-refractivity contribution in [1.82, 2.24) is 0 Å². The van der Waals surface area contributed by atoms with Crippen LogP contribution in [0.1, 0.15) is 46.5 Å². The molecule has 1 rings (SSSR count). The maximum Gasteiger partial charge on any atom is 0.411 e. The zero-order valence-electron chi connectivity index (χ0n) is 12.7. The largest absolute Gasteiger partial charge is 0.450 e. The van der Waals surface area contributed by atoms with Gasteiger partial charge < -0.3 is 10.1 Å². The second-order valence-corrected chi connectivity index (χ2v) is 4.81. The van der Waals surface area contributed by atoms with Gasteiger partial charge in [0.2, 0.25) is 0 Å². The molecule has 0 bridgehead atoms. The van der Waals surface area contributed by atoms with Crippen molar-refractivity contribution in [2.75, 3.05) is 17.2 Å². The topological polar surface area (TPSA) is 50.4 Å². The van der Waals surface area contributed by atoms with Crippen LogP contribution in [-0.2, 0) is 4.74 Å². The van der Waals surface area contributed by atoms with Crippen molar-refractivity contribution < 1.29 is 9.53 Å². The molecule has 0 heterocycles. The molecule has 1 unspecified atom stereocenters. The fraction of sp³-hybridized carbons (Fsp3) is 0.562. The van der Waals surface area contributed by atoms with E-state index in [-0.39, 0.29) is 0 Å². The van der Waals surface area contributed by atoms with Crippen LogP contribution in [0.4, 0.5) is 16.2 Å². The summed E-state index contributed by atoms with van der Waals surface area (Å²) in [5.74, 6) is 0. The highest BCUT2D eigenvalue weighted by Crippen LogP contribution is 2.17. The highest BCUT2D eigenvalue weighted by Gasteiger charge is 2.06. The van der Waals surface area contributed by atoms with Gasteiger partial charge in [0.05, 0.1) is 6.61 Å². The molecule has 0 aliphatic heterocycles. The van der Waals surface area contributed by atoms with Crippen LogP contribution in [0.2, 0.25) is 0 Å². The van der Waals surface area contributed by atoms with Gasteiger partial charge in [-0.05, 0) is 44.0 Å². The van der Waals surface area contributed by atoms with E-state index < -0.39 is 6.09 Å². The number of nitrogens with one attached hydrogen (secondary N) is 2. The lowest BCUT2D eigenvalue weighted by molar-refractivity contribution is 0.168. The first-order valence-electron chi connectivity index (χ1n) is 7.49. The average Bonchev–Trinajstić information content (AvgIpc) is 2.45. The van der Waals surface area contributed by atoms with E-state index in [1.807, 2.05) is 24.3 Å². The number of hydrogen-bond acceptors (Lipinski definition) is 3. The first kappa shape index (κ1) is 16.3. The van der Waals surface area contributed by atoms with Gasteiger partial charge in [-0.2, -0.15) is 0 Å². The van der Waals surface area contributed by atoms with Gasteiger partial charge >= 0.3 is 6.09 Å². The van der Waals surface area contributed by atoms with Crippen LogP contribution in [0.5, 0.6) is 0 Å². The lowest BCUT2D eigenvalue weighted by atomic mass is 10.1. The molecule has 0 aromatic heterocycles. The summed E-state index contributed by atoms with van der Waals surface area (Å²) in [5.41, 5.74) is 1.83. The summed E-state index contributed by atoms with van der Waals surface area (Å²) in [5, 5.41) is 6.21. The third-order valence-electron chi connectivity index (χ3n) is 3.18. The lowest BCUT2D eigenvalue weighted by Crippen LogP contribution is -2.18. The molecule has 2 N–H and O–H groups in total. The first-order chi connectivity index (χ1) is 9.69. The summed E-state index contributed by atoms with van der Waals surface area (Å²) in [7, 11) is 0. The molecule has 20 heavy (non-hydrogen) atoms. The van der Waals surface area contributed by atoms with Crippen LogP contribution < -0.4 is 10.6 Å². The zero-order chi connectivity index (χ0) is 14.8. The van der Waals surface area contributed by atoms with Crippen molar-refractivity contribution in [1.29, 1.82) is 0 Å². The Morgan fingerprint density at radius 3 is 2.35 bits per heavy atom. The van der Waals surface area contributed by atoms with Crippen LogP contribution in [0, 0.1) is 0 Å². The number of rotatable bonds is 8. The molecule has 0 saturated heterocycles. The Labute approximate surface area is 121 Å². The van der Waals surface area contributed by atoms with Crippen molar-refractivity contribution in [3.8, 4) is 0 Å². The standard InChI is InChI=1S/C16H26N2O2/c1-4-7-8-13(5-2)17-14-9-11-15(12-10-14)18-16(19)20-6-3/h9-13,17H,4-8H2,1-3H3,(H,18,19). The molecule has 4 heteroatoms. The van der Waals surface area contributed by atoms with Crippen molar-refractivity contribution in [2.24, 2.45) is 0 Å². The molecule has 1 amide bonds. The van der Waals surface area contributed by atoms with Crippen LogP contribution in [-0.4, -0.2) is 18.7 Å². The molecule has 1 aromatic carbocycles. The number of benzene rings is 1. The Hall–Kier alpha value is -1.71. The summed E-state index contributed by atoms with van der Waals surface area (Å²) in [6.07, 6.45) is 4.36. The van der Waals surface area contributed by atoms with Crippen molar-refractivity contribution in [2.45, 2.75) is 52.5 Å². The predicted molar refractivity (Wildman–Crippen MR) is 84.3 cm³/mol. The minimum atomic E-state index is -0.414. The molecule has 0 radical (unpaired) electrons. The van der Waals surface area contributed by atoms with Gasteiger partial charge in [0.1, 0.15) is 0 Å². The summed E-state index contributed by atoms with van der Waals surface area (Å²) in [4.78, 5) is 11.3. The van der Waals surface area contributed by atoms with Crippen molar-refractivity contribution in [3.05, 3.63) is 24.3 Å². The Morgan fingerprint density at radius 2 is 1.80 bits per heavy atom. The van der Waals surface area contributed by atoms with Crippen molar-refractivity contribution in [3.63, 3.8) is 0 Å². The predicted octanol–water partition coefficient (Wildman–Crippen LogP) is 4.64. The zero-order valence-corrected chi connectivity index (χ0v) is 12.7. The smallest absolute Gasteiger partial charge is 0.411 e. The number of anilines is 2. The van der Waals surface area contributed by atoms with Crippen LogP contribution in [0.3, 0.4) is 0 Å². The fourth-order valence-electron chi connectivity index (χ4n) is 2.00. The molecule has 1 aromatic rings. The number of carbonyl (C=O) groups is 1. The second-order valence-electron chi connectivity index (χ2n) is 4.81. The maximum absolute atomic E-state index is 11.3. The molecule has 112 valence electrons. The van der Waals surface area contributed by atoms with Crippen LogP contribution >= 0.6 is 0 Å². The molecule has 4 nitrogen and oxygen atoms in total. The van der Waals surface area contributed by atoms with Gasteiger partial charge in [-0.15, -0.1) is 0 Å². The minimum Gasteiger partial charge on any atom is -0.450 e. The van der Waals surface area contributed by atoms with Gasteiger partial charge in [0, 0.05) is 17.4 Å². The van der Waals surface area contributed by atoms with Crippen LogP contribution in [0.15, 0.2) is 24.3 Å². The van der Waals surface area contributed by atoms with E-state index in [1.165, 1.54) is 19.3 Å². The molecular weight excluding hydrogens is 252 g/mol. The van der Waals surface area contributed by atoms with E-state index in [9.17, 15) is 4.79 Å². The van der Waals surface area contributed by atoms with Crippen molar-refractivity contribution >= 4 is 17.5 Å². The van der Waals surface area contributed by atoms with E-state index in [0.717, 1.165) is 17.8 Å². The molecule has 0 fully saturated rings. The average molecular weight is 278 g/mol. The number of amides is 1. The maximum atomic E-state index is 11.3. The monoisotopic (exact) mass is 278 g/mol. The molecular formula is C16H26N2O2. The Morgan fingerprint density at radius 1 is 1.15 bits per heavy atom. The summed E-state index contributed by atoms with van der Waals surface area (Å²) in [6.45, 7) is 6.57. The van der Waals surface area contributed by atoms with Gasteiger partial charge in [0.25, 0.3) is 0 Å². The summed E-state index contributed by atoms with van der Waals surface area (Å²) < 4.78 is 4.84. The van der Waals surface area contributed by atoms with Gasteiger partial charge in [0.15, 0.2) is 0 Å². The third kappa shape index (κ3) is 5.95. The third-order valence-corrected chi connectivity index (χ3v) is 3.18. The van der Waals surface area contributed by atoms with E-state index in [4.69, 9.17) is 4.74 Å². The highest BCUT2D eigenvalue weighted by molar-refractivity contribution is 5.84. The van der Waals surface area contributed by atoms with Gasteiger partial charge in [-0.25, -0.2) is 4.79 Å². The molecule has 0 aliphatic carbocycles. The SMILES string of the molecule is CCCCC(CC)Nc1ccc(NC(=O)OCC)cc1. The lowest BCUT2D eigenvalue weighted by Gasteiger charge is -2.18. The number of carbonyl (C=O) groups excluding carboxylic acids is 1. The number of hydrogen-bond donors (Lipinski definition) is 2. The van der Waals surface area contributed by atoms with Gasteiger partial charge in [-0.3, -0.25) is 5.32 Å². The van der Waals surface area contributed by atoms with Crippen LogP contribution in [0.25, 0.3) is 0 Å². The Kier molecular flexibility index (Phi) is 7.55. The first-order valence-corrected chi connectivity index (χ1v) is 7.49. The summed E-state index contributed by atoms with van der Waals surface area (Å²) in [6, 6.07) is 8.24. The normalized spacial score (nSPS) is 11.8. The van der Waals surface area contributed by atoms with E-state index in [0.29, 0.717) is 12.6 Å². The highest BCUT2D eigenvalue weighted by atomic mass is 16.5. The van der Waals surface area contributed by atoms with E-state index in [1.54, 1.807) is 6.92 Å². The molecule has 0 spiro atoms. The summed E-state index contributed by atoms with van der Waals surface area (Å²) >= 11 is 0. The quantitative estimate of drug-likeness (QED) is 0.728. The number of unbranched alkanes of at least 4 members (excludes halogenated alkanes) is 1. The van der Waals surface area contributed by atoms with Gasteiger partial charge in [-0.1, -0.05) is 26.7 Å².